The number of nitrogens with zero attached hydrogens (tertiary/aromatic N) is 1. The zero-order valence-electron chi connectivity index (χ0n) is 12.8. The van der Waals surface area contributed by atoms with E-state index in [1.54, 1.807) is 7.11 Å². The first-order valence-corrected chi connectivity index (χ1v) is 8.15. The van der Waals surface area contributed by atoms with Crippen LogP contribution >= 0.6 is 0 Å². The van der Waals surface area contributed by atoms with Crippen molar-refractivity contribution in [2.75, 3.05) is 20.2 Å². The standard InChI is InChI=1S/C18H27NO/c1-14-7-8-16(13-14)19-11-9-15(10-12-19)17-5-3-4-6-18(17)20-2/h3-6,14-16H,7-13H2,1-2H3/t14-,16+/m1/s1. The van der Waals surface area contributed by atoms with Crippen molar-refractivity contribution in [3.8, 4) is 5.75 Å². The van der Waals surface area contributed by atoms with Crippen molar-refractivity contribution in [3.63, 3.8) is 0 Å². The number of methoxy groups -OCH3 is 1. The summed E-state index contributed by atoms with van der Waals surface area (Å²) in [5, 5.41) is 0. The van der Waals surface area contributed by atoms with Gasteiger partial charge in [-0.1, -0.05) is 25.1 Å². The maximum absolute atomic E-state index is 5.53. The number of hydrogen-bond donors (Lipinski definition) is 0. The molecule has 1 saturated heterocycles. The van der Waals surface area contributed by atoms with Crippen LogP contribution in [-0.4, -0.2) is 31.1 Å². The molecule has 1 aromatic carbocycles. The van der Waals surface area contributed by atoms with Crippen molar-refractivity contribution in [2.24, 2.45) is 5.92 Å². The molecule has 2 aliphatic rings. The molecule has 0 spiro atoms. The summed E-state index contributed by atoms with van der Waals surface area (Å²) in [7, 11) is 1.79. The number of para-hydroxylation sites is 1. The fraction of sp³-hybridized carbons (Fsp3) is 0.667. The van der Waals surface area contributed by atoms with Crippen LogP contribution in [0.15, 0.2) is 24.3 Å². The summed E-state index contributed by atoms with van der Waals surface area (Å²) in [5.74, 6) is 2.69. The Morgan fingerprint density at radius 2 is 1.80 bits per heavy atom. The van der Waals surface area contributed by atoms with Crippen LogP contribution in [0.3, 0.4) is 0 Å². The minimum absolute atomic E-state index is 0.682. The lowest BCUT2D eigenvalue weighted by molar-refractivity contribution is 0.151. The van der Waals surface area contributed by atoms with Crippen molar-refractivity contribution in [2.45, 2.75) is 51.0 Å². The number of piperidine rings is 1. The van der Waals surface area contributed by atoms with Crippen LogP contribution in [0.25, 0.3) is 0 Å². The van der Waals surface area contributed by atoms with E-state index < -0.39 is 0 Å². The van der Waals surface area contributed by atoms with Gasteiger partial charge in [0.1, 0.15) is 5.75 Å². The lowest BCUT2D eigenvalue weighted by Gasteiger charge is -2.36. The molecule has 2 nitrogen and oxygen atoms in total. The molecule has 0 bridgehead atoms. The lowest BCUT2D eigenvalue weighted by Crippen LogP contribution is -2.39. The van der Waals surface area contributed by atoms with Gasteiger partial charge in [-0.25, -0.2) is 0 Å². The highest BCUT2D eigenvalue weighted by atomic mass is 16.5. The van der Waals surface area contributed by atoms with Crippen molar-refractivity contribution in [1.82, 2.24) is 4.90 Å². The molecular weight excluding hydrogens is 246 g/mol. The van der Waals surface area contributed by atoms with E-state index in [0.29, 0.717) is 5.92 Å². The van der Waals surface area contributed by atoms with E-state index in [1.807, 2.05) is 0 Å². The molecule has 0 amide bonds. The largest absolute Gasteiger partial charge is 0.496 e. The molecule has 2 fully saturated rings. The van der Waals surface area contributed by atoms with Gasteiger partial charge in [-0.2, -0.15) is 0 Å². The van der Waals surface area contributed by atoms with E-state index in [-0.39, 0.29) is 0 Å². The van der Waals surface area contributed by atoms with Crippen LogP contribution in [0.1, 0.15) is 50.5 Å². The fourth-order valence-electron chi connectivity index (χ4n) is 4.09. The van der Waals surface area contributed by atoms with E-state index in [4.69, 9.17) is 4.74 Å². The summed E-state index contributed by atoms with van der Waals surface area (Å²) >= 11 is 0. The summed E-state index contributed by atoms with van der Waals surface area (Å²) in [6.07, 6.45) is 6.83. The van der Waals surface area contributed by atoms with E-state index >= 15 is 0 Å². The van der Waals surface area contributed by atoms with Gasteiger partial charge >= 0.3 is 0 Å². The Morgan fingerprint density at radius 3 is 2.45 bits per heavy atom. The third-order valence-corrected chi connectivity index (χ3v) is 5.29. The van der Waals surface area contributed by atoms with E-state index in [0.717, 1.165) is 17.7 Å². The molecule has 1 saturated carbocycles. The third kappa shape index (κ3) is 2.85. The molecule has 0 aromatic heterocycles. The van der Waals surface area contributed by atoms with E-state index in [9.17, 15) is 0 Å². The first kappa shape index (κ1) is 13.9. The van der Waals surface area contributed by atoms with Crippen LogP contribution in [-0.2, 0) is 0 Å². The van der Waals surface area contributed by atoms with Crippen LogP contribution in [0.2, 0.25) is 0 Å². The zero-order chi connectivity index (χ0) is 13.9. The number of rotatable bonds is 3. The van der Waals surface area contributed by atoms with E-state index in [1.165, 1.54) is 50.8 Å². The second kappa shape index (κ2) is 6.17. The molecule has 0 radical (unpaired) electrons. The molecular formula is C18H27NO. The molecule has 3 rings (SSSR count). The monoisotopic (exact) mass is 273 g/mol. The summed E-state index contributed by atoms with van der Waals surface area (Å²) < 4.78 is 5.53. The molecule has 1 heterocycles. The highest BCUT2D eigenvalue weighted by Crippen LogP contribution is 2.37. The van der Waals surface area contributed by atoms with Gasteiger partial charge < -0.3 is 9.64 Å². The average Bonchev–Trinajstić information content (AvgIpc) is 2.94. The Labute approximate surface area is 123 Å². The van der Waals surface area contributed by atoms with Crippen molar-refractivity contribution >= 4 is 0 Å². The summed E-state index contributed by atoms with van der Waals surface area (Å²) in [4.78, 5) is 2.75. The Hall–Kier alpha value is -1.02. The van der Waals surface area contributed by atoms with Crippen LogP contribution in [0, 0.1) is 5.92 Å². The minimum Gasteiger partial charge on any atom is -0.496 e. The fourth-order valence-corrected chi connectivity index (χ4v) is 4.09. The molecule has 110 valence electrons. The molecule has 1 aromatic rings. The molecule has 2 heteroatoms. The second-order valence-electron chi connectivity index (χ2n) is 6.62. The predicted molar refractivity (Wildman–Crippen MR) is 83.3 cm³/mol. The van der Waals surface area contributed by atoms with Gasteiger partial charge in [-0.05, 0) is 68.7 Å². The van der Waals surface area contributed by atoms with Gasteiger partial charge in [0.2, 0.25) is 0 Å². The number of hydrogen-bond acceptors (Lipinski definition) is 2. The zero-order valence-corrected chi connectivity index (χ0v) is 12.8. The number of ether oxygens (including phenoxy) is 1. The van der Waals surface area contributed by atoms with Gasteiger partial charge in [0.25, 0.3) is 0 Å². The number of likely N-dealkylation sites (tertiary alicyclic amines) is 1. The lowest BCUT2D eigenvalue weighted by atomic mass is 9.88. The SMILES string of the molecule is COc1ccccc1C1CCN([C@H]2CC[C@@H](C)C2)CC1. The van der Waals surface area contributed by atoms with Crippen LogP contribution < -0.4 is 4.74 Å². The average molecular weight is 273 g/mol. The molecule has 1 aliphatic heterocycles. The molecule has 1 aliphatic carbocycles. The maximum atomic E-state index is 5.53. The Morgan fingerprint density at radius 1 is 1.05 bits per heavy atom. The van der Waals surface area contributed by atoms with Crippen molar-refractivity contribution in [1.29, 1.82) is 0 Å². The third-order valence-electron chi connectivity index (χ3n) is 5.29. The maximum Gasteiger partial charge on any atom is 0.122 e. The molecule has 0 N–H and O–H groups in total. The highest BCUT2D eigenvalue weighted by Gasteiger charge is 2.30. The van der Waals surface area contributed by atoms with Crippen LogP contribution in [0.5, 0.6) is 5.75 Å². The molecule has 2 atom stereocenters. The first-order chi connectivity index (χ1) is 9.78. The van der Waals surface area contributed by atoms with Gasteiger partial charge in [0.15, 0.2) is 0 Å². The Balaban J connectivity index is 1.61. The van der Waals surface area contributed by atoms with Crippen molar-refractivity contribution < 1.29 is 4.74 Å². The predicted octanol–water partition coefficient (Wildman–Crippen LogP) is 4.06. The topological polar surface area (TPSA) is 12.5 Å². The highest BCUT2D eigenvalue weighted by molar-refractivity contribution is 5.36. The van der Waals surface area contributed by atoms with Gasteiger partial charge in [-0.15, -0.1) is 0 Å². The van der Waals surface area contributed by atoms with Crippen molar-refractivity contribution in [3.05, 3.63) is 29.8 Å². The minimum atomic E-state index is 0.682. The number of benzene rings is 1. The quantitative estimate of drug-likeness (QED) is 0.823. The van der Waals surface area contributed by atoms with Gasteiger partial charge in [-0.3, -0.25) is 0 Å². The summed E-state index contributed by atoms with van der Waals surface area (Å²) in [5.41, 5.74) is 1.41. The van der Waals surface area contributed by atoms with Gasteiger partial charge in [0, 0.05) is 6.04 Å². The Bertz CT molecular complexity index is 437. The Kier molecular flexibility index (Phi) is 4.30. The summed E-state index contributed by atoms with van der Waals surface area (Å²) in [6, 6.07) is 9.42. The molecule has 20 heavy (non-hydrogen) atoms. The van der Waals surface area contributed by atoms with Crippen LogP contribution in [0.4, 0.5) is 0 Å². The second-order valence-corrected chi connectivity index (χ2v) is 6.62. The van der Waals surface area contributed by atoms with Gasteiger partial charge in [0.05, 0.1) is 7.11 Å². The molecule has 0 unspecified atom stereocenters. The first-order valence-electron chi connectivity index (χ1n) is 8.15. The van der Waals surface area contributed by atoms with E-state index in [2.05, 4.69) is 36.1 Å². The summed E-state index contributed by atoms with van der Waals surface area (Å²) in [6.45, 7) is 4.93. The smallest absolute Gasteiger partial charge is 0.122 e. The normalized spacial score (nSPS) is 28.7.